The van der Waals surface area contributed by atoms with Crippen molar-refractivity contribution in [3.63, 3.8) is 0 Å². The molecule has 2 heterocycles. The van der Waals surface area contributed by atoms with Crippen molar-refractivity contribution < 1.29 is 4.42 Å². The van der Waals surface area contributed by atoms with E-state index < -0.39 is 0 Å². The van der Waals surface area contributed by atoms with Crippen molar-refractivity contribution in [2.45, 2.75) is 26.4 Å². The number of nitrogens with zero attached hydrogens (tertiary/aromatic N) is 3. The molecule has 27 heavy (non-hydrogen) atoms. The molecule has 0 unspecified atom stereocenters. The van der Waals surface area contributed by atoms with Crippen LogP contribution in [0.15, 0.2) is 57.9 Å². The first-order valence-electron chi connectivity index (χ1n) is 8.62. The Balaban J connectivity index is 1.67. The van der Waals surface area contributed by atoms with Crippen molar-refractivity contribution in [2.24, 2.45) is 0 Å². The summed E-state index contributed by atoms with van der Waals surface area (Å²) in [4.78, 5) is 17.2. The molecule has 0 bridgehead atoms. The molecule has 7 heteroatoms. The third-order valence-corrected chi connectivity index (χ3v) is 5.06. The fourth-order valence-corrected chi connectivity index (χ4v) is 3.64. The van der Waals surface area contributed by atoms with Crippen LogP contribution >= 0.6 is 23.2 Å². The number of hydrogen-bond donors (Lipinski definition) is 0. The second-order valence-corrected chi connectivity index (χ2v) is 7.11. The lowest BCUT2D eigenvalue weighted by molar-refractivity contribution is 0.500. The number of halogens is 2. The van der Waals surface area contributed by atoms with Gasteiger partial charge in [0.2, 0.25) is 5.89 Å². The first-order chi connectivity index (χ1) is 13.0. The highest BCUT2D eigenvalue weighted by Crippen LogP contribution is 2.23. The standard InChI is InChI=1S/C20H17Cl2N3O2/c1-2-25-15(9-13-7-8-14(21)10-16(13)22)11-24(20(25)26)12-19-23-17-5-3-4-6-18(17)27-19/h3-8,10-11H,2,9,12H2,1H3. The number of benzene rings is 2. The Kier molecular flexibility index (Phi) is 4.81. The fraction of sp³-hybridized carbons (Fsp3) is 0.200. The summed E-state index contributed by atoms with van der Waals surface area (Å²) in [6, 6.07) is 12.9. The van der Waals surface area contributed by atoms with Crippen LogP contribution in [0.25, 0.3) is 11.1 Å². The van der Waals surface area contributed by atoms with Crippen molar-refractivity contribution in [1.82, 2.24) is 14.1 Å². The SMILES string of the molecule is CCn1c(Cc2ccc(Cl)cc2Cl)cn(Cc2nc3ccccc3o2)c1=O. The highest BCUT2D eigenvalue weighted by Gasteiger charge is 2.14. The number of oxazole rings is 1. The molecule has 0 saturated carbocycles. The Morgan fingerprint density at radius 1 is 1.15 bits per heavy atom. The van der Waals surface area contributed by atoms with Crippen molar-refractivity contribution in [3.8, 4) is 0 Å². The third-order valence-electron chi connectivity index (χ3n) is 4.47. The Morgan fingerprint density at radius 2 is 1.96 bits per heavy atom. The highest BCUT2D eigenvalue weighted by molar-refractivity contribution is 6.35. The summed E-state index contributed by atoms with van der Waals surface area (Å²) in [7, 11) is 0. The molecule has 4 rings (SSSR count). The average Bonchev–Trinajstić information content (AvgIpc) is 3.18. The van der Waals surface area contributed by atoms with Crippen molar-refractivity contribution in [2.75, 3.05) is 0 Å². The Bertz CT molecular complexity index is 1140. The molecular weight excluding hydrogens is 385 g/mol. The summed E-state index contributed by atoms with van der Waals surface area (Å²) in [5.41, 5.74) is 3.19. The van der Waals surface area contributed by atoms with Crippen LogP contribution in [0.1, 0.15) is 24.1 Å². The molecule has 0 aliphatic heterocycles. The van der Waals surface area contributed by atoms with E-state index in [1.54, 1.807) is 21.3 Å². The van der Waals surface area contributed by atoms with Gasteiger partial charge in [-0.2, -0.15) is 0 Å². The van der Waals surface area contributed by atoms with Gasteiger partial charge in [-0.05, 0) is 36.8 Å². The number of fused-ring (bicyclic) bond motifs is 1. The Hall–Kier alpha value is -2.50. The maximum absolute atomic E-state index is 12.8. The predicted molar refractivity (Wildman–Crippen MR) is 107 cm³/mol. The minimum absolute atomic E-state index is 0.0974. The van der Waals surface area contributed by atoms with Crippen LogP contribution < -0.4 is 5.69 Å². The Morgan fingerprint density at radius 3 is 2.70 bits per heavy atom. The van der Waals surface area contributed by atoms with Crippen LogP contribution in [0, 0.1) is 0 Å². The zero-order valence-corrected chi connectivity index (χ0v) is 16.2. The van der Waals surface area contributed by atoms with E-state index in [0.29, 0.717) is 34.5 Å². The molecule has 0 fully saturated rings. The topological polar surface area (TPSA) is 53.0 Å². The molecule has 0 radical (unpaired) electrons. The molecule has 0 amide bonds. The summed E-state index contributed by atoms with van der Waals surface area (Å²) in [6.07, 6.45) is 2.38. The molecule has 0 atom stereocenters. The number of rotatable bonds is 5. The summed E-state index contributed by atoms with van der Waals surface area (Å²) in [6.45, 7) is 2.79. The molecule has 0 aliphatic rings. The monoisotopic (exact) mass is 401 g/mol. The molecule has 4 aromatic rings. The molecule has 2 aromatic heterocycles. The van der Waals surface area contributed by atoms with Gasteiger partial charge in [0.05, 0.1) is 0 Å². The van der Waals surface area contributed by atoms with Gasteiger partial charge >= 0.3 is 5.69 Å². The van der Waals surface area contributed by atoms with Gasteiger partial charge in [0.1, 0.15) is 12.1 Å². The summed E-state index contributed by atoms with van der Waals surface area (Å²) in [5, 5.41) is 1.18. The lowest BCUT2D eigenvalue weighted by Crippen LogP contribution is -2.25. The summed E-state index contributed by atoms with van der Waals surface area (Å²) in [5.74, 6) is 0.502. The third kappa shape index (κ3) is 3.53. The summed E-state index contributed by atoms with van der Waals surface area (Å²) >= 11 is 12.3. The van der Waals surface area contributed by atoms with Crippen LogP contribution in [0.2, 0.25) is 10.0 Å². The lowest BCUT2D eigenvalue weighted by atomic mass is 10.1. The smallest absolute Gasteiger partial charge is 0.328 e. The van der Waals surface area contributed by atoms with Gasteiger partial charge in [-0.15, -0.1) is 0 Å². The summed E-state index contributed by atoms with van der Waals surface area (Å²) < 4.78 is 9.09. The van der Waals surface area contributed by atoms with Crippen LogP contribution in [0.5, 0.6) is 0 Å². The van der Waals surface area contributed by atoms with E-state index in [9.17, 15) is 4.79 Å². The van der Waals surface area contributed by atoms with Crippen LogP contribution in [-0.2, 0) is 19.5 Å². The van der Waals surface area contributed by atoms with E-state index in [-0.39, 0.29) is 12.2 Å². The molecular formula is C20H17Cl2N3O2. The second-order valence-electron chi connectivity index (χ2n) is 6.26. The van der Waals surface area contributed by atoms with E-state index in [4.69, 9.17) is 27.6 Å². The average molecular weight is 402 g/mol. The normalized spacial score (nSPS) is 11.4. The maximum Gasteiger partial charge on any atom is 0.328 e. The minimum Gasteiger partial charge on any atom is -0.439 e. The van der Waals surface area contributed by atoms with E-state index >= 15 is 0 Å². The predicted octanol–water partition coefficient (Wildman–Crippen LogP) is 4.76. The molecule has 0 saturated heterocycles. The number of hydrogen-bond acceptors (Lipinski definition) is 3. The maximum atomic E-state index is 12.8. The molecule has 0 N–H and O–H groups in total. The van der Waals surface area contributed by atoms with E-state index in [0.717, 1.165) is 16.8 Å². The fourth-order valence-electron chi connectivity index (χ4n) is 3.17. The zero-order valence-electron chi connectivity index (χ0n) is 14.7. The van der Waals surface area contributed by atoms with Crippen molar-refractivity contribution in [1.29, 1.82) is 0 Å². The van der Waals surface area contributed by atoms with Gasteiger partial charge in [0, 0.05) is 34.9 Å². The Labute approximate surface area is 165 Å². The van der Waals surface area contributed by atoms with Gasteiger partial charge in [-0.3, -0.25) is 9.13 Å². The van der Waals surface area contributed by atoms with Gasteiger partial charge in [0.15, 0.2) is 5.58 Å². The van der Waals surface area contributed by atoms with E-state index in [1.807, 2.05) is 43.5 Å². The number of para-hydroxylation sites is 2. The largest absolute Gasteiger partial charge is 0.439 e. The molecule has 2 aromatic carbocycles. The van der Waals surface area contributed by atoms with Crippen molar-refractivity contribution >= 4 is 34.3 Å². The molecule has 0 spiro atoms. The van der Waals surface area contributed by atoms with Gasteiger partial charge < -0.3 is 4.42 Å². The van der Waals surface area contributed by atoms with Crippen LogP contribution in [0.3, 0.4) is 0 Å². The van der Waals surface area contributed by atoms with Gasteiger partial charge in [-0.1, -0.05) is 41.4 Å². The van der Waals surface area contributed by atoms with Crippen molar-refractivity contribution in [3.05, 3.63) is 86.3 Å². The van der Waals surface area contributed by atoms with Crippen LogP contribution in [0.4, 0.5) is 0 Å². The second kappa shape index (κ2) is 7.25. The lowest BCUT2D eigenvalue weighted by Gasteiger charge is -2.06. The molecule has 5 nitrogen and oxygen atoms in total. The van der Waals surface area contributed by atoms with E-state index in [2.05, 4.69) is 4.98 Å². The highest BCUT2D eigenvalue weighted by atomic mass is 35.5. The quantitative estimate of drug-likeness (QED) is 0.484. The van der Waals surface area contributed by atoms with E-state index in [1.165, 1.54) is 0 Å². The number of aromatic nitrogens is 3. The minimum atomic E-state index is -0.0974. The first kappa shape index (κ1) is 17.9. The molecule has 138 valence electrons. The first-order valence-corrected chi connectivity index (χ1v) is 9.38. The van der Waals surface area contributed by atoms with Gasteiger partial charge in [-0.25, -0.2) is 9.78 Å². The number of imidazole rings is 1. The zero-order chi connectivity index (χ0) is 19.0. The molecule has 0 aliphatic carbocycles. The van der Waals surface area contributed by atoms with Crippen LogP contribution in [-0.4, -0.2) is 14.1 Å². The van der Waals surface area contributed by atoms with Gasteiger partial charge in [0.25, 0.3) is 0 Å².